The summed E-state index contributed by atoms with van der Waals surface area (Å²) in [4.78, 5) is 16.7. The predicted octanol–water partition coefficient (Wildman–Crippen LogP) is 2.96. The molecular formula is C17H16N4O3S. The monoisotopic (exact) mass is 356 g/mol. The lowest BCUT2D eigenvalue weighted by Crippen LogP contribution is -2.12. The number of aromatic nitrogens is 3. The molecule has 25 heavy (non-hydrogen) atoms. The summed E-state index contributed by atoms with van der Waals surface area (Å²) in [5.74, 6) is 1.14. The molecule has 3 heterocycles. The molecule has 4 rings (SSSR count). The van der Waals surface area contributed by atoms with Crippen molar-refractivity contribution in [1.29, 1.82) is 0 Å². The molecule has 1 aliphatic heterocycles. The molecule has 7 nitrogen and oxygen atoms in total. The Labute approximate surface area is 148 Å². The minimum atomic E-state index is -0.245. The number of carbonyl (C=O) groups excluding carboxylic acids is 1. The van der Waals surface area contributed by atoms with Crippen LogP contribution in [-0.2, 0) is 7.05 Å². The average molecular weight is 356 g/mol. The van der Waals surface area contributed by atoms with Crippen molar-refractivity contribution in [3.8, 4) is 22.8 Å². The van der Waals surface area contributed by atoms with E-state index in [0.717, 1.165) is 12.0 Å². The molecule has 1 aliphatic rings. The lowest BCUT2D eigenvalue weighted by Gasteiger charge is -2.09. The normalized spacial score (nSPS) is 13.3. The van der Waals surface area contributed by atoms with Crippen molar-refractivity contribution >= 4 is 22.4 Å². The van der Waals surface area contributed by atoms with Crippen LogP contribution in [0.15, 0.2) is 36.0 Å². The summed E-state index contributed by atoms with van der Waals surface area (Å²) in [6.07, 6.45) is 4.19. The molecule has 0 spiro atoms. The lowest BCUT2D eigenvalue weighted by atomic mass is 10.1. The van der Waals surface area contributed by atoms with Crippen LogP contribution in [0.2, 0.25) is 0 Å². The summed E-state index contributed by atoms with van der Waals surface area (Å²) >= 11 is 1.37. The number of thiazole rings is 1. The van der Waals surface area contributed by atoms with Crippen molar-refractivity contribution in [2.75, 3.05) is 18.5 Å². The standard InChI is InChI=1S/C17H16N4O3S/c1-21-10-12(16(22)19-17-18-5-8-25-17)15(20-21)11-3-4-13-14(9-11)24-7-2-6-23-13/h3-5,8-10H,2,6-7H2,1H3,(H,18,19,22). The fraction of sp³-hybridized carbons (Fsp3) is 0.235. The zero-order valence-electron chi connectivity index (χ0n) is 13.6. The first-order chi connectivity index (χ1) is 12.2. The van der Waals surface area contributed by atoms with Gasteiger partial charge >= 0.3 is 0 Å². The van der Waals surface area contributed by atoms with Crippen LogP contribution in [0.25, 0.3) is 11.3 Å². The van der Waals surface area contributed by atoms with Gasteiger partial charge in [-0.05, 0) is 18.2 Å². The molecule has 0 saturated heterocycles. The number of hydrogen-bond donors (Lipinski definition) is 1. The Bertz CT molecular complexity index is 905. The van der Waals surface area contributed by atoms with Crippen molar-refractivity contribution < 1.29 is 14.3 Å². The largest absolute Gasteiger partial charge is 0.490 e. The van der Waals surface area contributed by atoms with Crippen LogP contribution in [0, 0.1) is 0 Å². The van der Waals surface area contributed by atoms with Gasteiger partial charge in [0, 0.05) is 36.8 Å². The molecule has 0 aliphatic carbocycles. The number of nitrogens with one attached hydrogen (secondary N) is 1. The number of rotatable bonds is 3. The first-order valence-electron chi connectivity index (χ1n) is 7.85. The molecule has 1 aromatic carbocycles. The van der Waals surface area contributed by atoms with Gasteiger partial charge in [0.25, 0.3) is 5.91 Å². The van der Waals surface area contributed by atoms with Gasteiger partial charge < -0.3 is 9.47 Å². The Kier molecular flexibility index (Phi) is 4.10. The highest BCUT2D eigenvalue weighted by Gasteiger charge is 2.20. The van der Waals surface area contributed by atoms with E-state index in [0.29, 0.717) is 41.1 Å². The van der Waals surface area contributed by atoms with Gasteiger partial charge in [0.2, 0.25) is 0 Å². The SMILES string of the molecule is Cn1cc(C(=O)Nc2nccs2)c(-c2ccc3c(c2)OCCCO3)n1. The first kappa shape index (κ1) is 15.6. The van der Waals surface area contributed by atoms with Gasteiger partial charge in [-0.1, -0.05) is 0 Å². The van der Waals surface area contributed by atoms with Crippen molar-refractivity contribution in [3.63, 3.8) is 0 Å². The molecule has 3 aromatic rings. The second-order valence-electron chi connectivity index (χ2n) is 5.57. The number of hydrogen-bond acceptors (Lipinski definition) is 6. The van der Waals surface area contributed by atoms with E-state index in [1.807, 2.05) is 23.6 Å². The number of nitrogens with zero attached hydrogens (tertiary/aromatic N) is 3. The Balaban J connectivity index is 1.69. The van der Waals surface area contributed by atoms with E-state index < -0.39 is 0 Å². The van der Waals surface area contributed by atoms with Crippen molar-refractivity contribution in [1.82, 2.24) is 14.8 Å². The molecule has 0 bridgehead atoms. The minimum absolute atomic E-state index is 0.245. The molecule has 8 heteroatoms. The van der Waals surface area contributed by atoms with Crippen LogP contribution >= 0.6 is 11.3 Å². The van der Waals surface area contributed by atoms with Gasteiger partial charge in [-0.15, -0.1) is 11.3 Å². The van der Waals surface area contributed by atoms with Gasteiger partial charge in [-0.25, -0.2) is 4.98 Å². The first-order valence-corrected chi connectivity index (χ1v) is 8.73. The Morgan fingerprint density at radius 1 is 1.28 bits per heavy atom. The number of fused-ring (bicyclic) bond motifs is 1. The maximum absolute atomic E-state index is 12.6. The number of benzene rings is 1. The van der Waals surface area contributed by atoms with E-state index in [4.69, 9.17) is 9.47 Å². The molecule has 1 N–H and O–H groups in total. The second-order valence-corrected chi connectivity index (χ2v) is 6.46. The van der Waals surface area contributed by atoms with Crippen molar-refractivity contribution in [2.24, 2.45) is 7.05 Å². The fourth-order valence-corrected chi connectivity index (χ4v) is 3.15. The second kappa shape index (κ2) is 6.56. The quantitative estimate of drug-likeness (QED) is 0.781. The smallest absolute Gasteiger partial charge is 0.261 e. The van der Waals surface area contributed by atoms with Crippen molar-refractivity contribution in [3.05, 3.63) is 41.5 Å². The Hall–Kier alpha value is -2.87. The summed E-state index contributed by atoms with van der Waals surface area (Å²) in [6, 6.07) is 5.60. The molecule has 0 fully saturated rings. The highest BCUT2D eigenvalue weighted by molar-refractivity contribution is 7.13. The van der Waals surface area contributed by atoms with E-state index in [9.17, 15) is 4.79 Å². The third-order valence-corrected chi connectivity index (χ3v) is 4.44. The Morgan fingerprint density at radius 2 is 2.12 bits per heavy atom. The molecular weight excluding hydrogens is 340 g/mol. The molecule has 0 unspecified atom stereocenters. The third kappa shape index (κ3) is 3.20. The number of amides is 1. The van der Waals surface area contributed by atoms with Gasteiger partial charge in [0.05, 0.1) is 18.8 Å². The van der Waals surface area contributed by atoms with Crippen LogP contribution in [-0.4, -0.2) is 33.9 Å². The minimum Gasteiger partial charge on any atom is -0.490 e. The summed E-state index contributed by atoms with van der Waals surface area (Å²) in [7, 11) is 1.78. The summed E-state index contributed by atoms with van der Waals surface area (Å²) in [5.41, 5.74) is 1.87. The predicted molar refractivity (Wildman–Crippen MR) is 94.3 cm³/mol. The number of ether oxygens (including phenoxy) is 2. The summed E-state index contributed by atoms with van der Waals surface area (Å²) < 4.78 is 13.0. The van der Waals surface area contributed by atoms with Crippen molar-refractivity contribution in [2.45, 2.75) is 6.42 Å². The Morgan fingerprint density at radius 3 is 2.92 bits per heavy atom. The maximum Gasteiger partial charge on any atom is 0.261 e. The highest BCUT2D eigenvalue weighted by Crippen LogP contribution is 2.35. The lowest BCUT2D eigenvalue weighted by molar-refractivity contribution is 0.102. The maximum atomic E-state index is 12.6. The van der Waals surface area contributed by atoms with E-state index in [1.54, 1.807) is 24.1 Å². The zero-order valence-corrected chi connectivity index (χ0v) is 14.4. The molecule has 2 aromatic heterocycles. The van der Waals surface area contributed by atoms with E-state index in [1.165, 1.54) is 11.3 Å². The summed E-state index contributed by atoms with van der Waals surface area (Å²) in [6.45, 7) is 1.24. The summed E-state index contributed by atoms with van der Waals surface area (Å²) in [5, 5.41) is 9.60. The molecule has 0 radical (unpaired) electrons. The van der Waals surface area contributed by atoms with Crippen LogP contribution in [0.1, 0.15) is 16.8 Å². The van der Waals surface area contributed by atoms with Crippen LogP contribution in [0.3, 0.4) is 0 Å². The van der Waals surface area contributed by atoms with Gasteiger partial charge in [-0.2, -0.15) is 5.10 Å². The molecule has 0 saturated carbocycles. The molecule has 1 amide bonds. The van der Waals surface area contributed by atoms with Crippen LogP contribution in [0.5, 0.6) is 11.5 Å². The number of anilines is 1. The zero-order chi connectivity index (χ0) is 17.2. The fourth-order valence-electron chi connectivity index (χ4n) is 2.63. The topological polar surface area (TPSA) is 78.3 Å². The van der Waals surface area contributed by atoms with E-state index in [-0.39, 0.29) is 5.91 Å². The molecule has 0 atom stereocenters. The third-order valence-electron chi connectivity index (χ3n) is 3.75. The highest BCUT2D eigenvalue weighted by atomic mass is 32.1. The van der Waals surface area contributed by atoms with Gasteiger partial charge in [-0.3, -0.25) is 14.8 Å². The van der Waals surface area contributed by atoms with Gasteiger partial charge in [0.15, 0.2) is 16.6 Å². The van der Waals surface area contributed by atoms with Crippen LogP contribution < -0.4 is 14.8 Å². The number of carbonyl (C=O) groups is 1. The van der Waals surface area contributed by atoms with Gasteiger partial charge in [0.1, 0.15) is 5.69 Å². The molecule has 128 valence electrons. The van der Waals surface area contributed by atoms with E-state index >= 15 is 0 Å². The average Bonchev–Trinajstić information content (AvgIpc) is 3.18. The van der Waals surface area contributed by atoms with Crippen LogP contribution in [0.4, 0.5) is 5.13 Å². The van der Waals surface area contributed by atoms with E-state index in [2.05, 4.69) is 15.4 Å². The number of aryl methyl sites for hydroxylation is 1.